The van der Waals surface area contributed by atoms with Gasteiger partial charge in [0.25, 0.3) is 0 Å². The van der Waals surface area contributed by atoms with Gasteiger partial charge >= 0.3 is 0 Å². The van der Waals surface area contributed by atoms with Crippen LogP contribution in [0.2, 0.25) is 0 Å². The fraction of sp³-hybridized carbons (Fsp3) is 0.727. The molecular weight excluding hydrogens is 192 g/mol. The molecule has 4 nitrogen and oxygen atoms in total. The molecule has 0 saturated carbocycles. The monoisotopic (exact) mass is 210 g/mol. The molecule has 0 aromatic carbocycles. The van der Waals surface area contributed by atoms with Crippen LogP contribution in [-0.2, 0) is 16.0 Å². The minimum atomic E-state index is 0.00964. The summed E-state index contributed by atoms with van der Waals surface area (Å²) in [4.78, 5) is 0. The van der Waals surface area contributed by atoms with Gasteiger partial charge in [0.15, 0.2) is 6.29 Å². The highest BCUT2D eigenvalue weighted by Gasteiger charge is 2.13. The molecule has 84 valence electrons. The quantitative estimate of drug-likeness (QED) is 0.759. The first-order valence-corrected chi connectivity index (χ1v) is 5.57. The molecule has 1 aromatic rings. The third-order valence-electron chi connectivity index (χ3n) is 2.52. The zero-order valence-corrected chi connectivity index (χ0v) is 9.19. The van der Waals surface area contributed by atoms with E-state index in [0.717, 1.165) is 26.0 Å². The van der Waals surface area contributed by atoms with Crippen LogP contribution in [0.1, 0.15) is 24.8 Å². The van der Waals surface area contributed by atoms with Crippen LogP contribution in [0.3, 0.4) is 0 Å². The van der Waals surface area contributed by atoms with E-state index >= 15 is 0 Å². The Balaban J connectivity index is 1.65. The molecule has 1 atom stereocenters. The Morgan fingerprint density at radius 3 is 3.20 bits per heavy atom. The lowest BCUT2D eigenvalue weighted by atomic mass is 10.2. The van der Waals surface area contributed by atoms with Crippen LogP contribution >= 0.6 is 0 Å². The smallest absolute Gasteiger partial charge is 0.157 e. The molecule has 0 bridgehead atoms. The highest BCUT2D eigenvalue weighted by atomic mass is 16.7. The Hall–Kier alpha value is -0.870. The van der Waals surface area contributed by atoms with Gasteiger partial charge in [-0.3, -0.25) is 4.68 Å². The summed E-state index contributed by atoms with van der Waals surface area (Å²) in [5, 5.41) is 4.19. The van der Waals surface area contributed by atoms with E-state index in [1.54, 1.807) is 0 Å². The summed E-state index contributed by atoms with van der Waals surface area (Å²) < 4.78 is 13.0. The molecule has 2 rings (SSSR count). The van der Waals surface area contributed by atoms with Gasteiger partial charge in [-0.15, -0.1) is 0 Å². The first-order chi connectivity index (χ1) is 7.34. The van der Waals surface area contributed by atoms with Crippen LogP contribution in [0.4, 0.5) is 0 Å². The number of hydrogen-bond donors (Lipinski definition) is 0. The van der Waals surface area contributed by atoms with Crippen molar-refractivity contribution < 1.29 is 9.47 Å². The average Bonchev–Trinajstić information content (AvgIpc) is 2.66. The summed E-state index contributed by atoms with van der Waals surface area (Å²) in [5.41, 5.74) is 1.18. The molecule has 2 heterocycles. The van der Waals surface area contributed by atoms with Crippen LogP contribution in [0.25, 0.3) is 0 Å². The molecule has 0 radical (unpaired) electrons. The molecule has 1 aromatic heterocycles. The van der Waals surface area contributed by atoms with Crippen molar-refractivity contribution in [3.05, 3.63) is 18.0 Å². The Labute approximate surface area is 90.2 Å². The maximum absolute atomic E-state index is 5.61. The number of aryl methyl sites for hydroxylation is 1. The van der Waals surface area contributed by atoms with Crippen molar-refractivity contribution in [2.45, 2.75) is 39.0 Å². The fourth-order valence-electron chi connectivity index (χ4n) is 1.71. The predicted octanol–water partition coefficient (Wildman–Crippen LogP) is 1.73. The van der Waals surface area contributed by atoms with E-state index in [0.29, 0.717) is 6.61 Å². The van der Waals surface area contributed by atoms with Gasteiger partial charge in [0.05, 0.1) is 19.3 Å². The Bertz CT molecular complexity index is 293. The summed E-state index contributed by atoms with van der Waals surface area (Å²) in [6.45, 7) is 4.35. The lowest BCUT2D eigenvalue weighted by Gasteiger charge is -2.22. The standard InChI is InChI=1S/C11H18N2O2/c1-10-8-12-13(9-10)5-7-15-11-4-2-3-6-14-11/h8-9,11H,2-7H2,1H3/t11-/m1/s1. The van der Waals surface area contributed by atoms with Crippen molar-refractivity contribution in [2.75, 3.05) is 13.2 Å². The second-order valence-corrected chi connectivity index (χ2v) is 3.95. The summed E-state index contributed by atoms with van der Waals surface area (Å²) >= 11 is 0. The average molecular weight is 210 g/mol. The van der Waals surface area contributed by atoms with Crippen molar-refractivity contribution in [1.29, 1.82) is 0 Å². The minimum Gasteiger partial charge on any atom is -0.353 e. The molecule has 0 spiro atoms. The van der Waals surface area contributed by atoms with E-state index in [2.05, 4.69) is 5.10 Å². The number of rotatable bonds is 4. The fourth-order valence-corrected chi connectivity index (χ4v) is 1.71. The lowest BCUT2D eigenvalue weighted by Crippen LogP contribution is -2.24. The minimum absolute atomic E-state index is 0.00964. The van der Waals surface area contributed by atoms with Crippen LogP contribution in [0, 0.1) is 6.92 Å². The van der Waals surface area contributed by atoms with Crippen LogP contribution in [0.5, 0.6) is 0 Å². The molecule has 0 N–H and O–H groups in total. The Morgan fingerprint density at radius 1 is 1.60 bits per heavy atom. The van der Waals surface area contributed by atoms with Gasteiger partial charge in [-0.05, 0) is 31.7 Å². The summed E-state index contributed by atoms with van der Waals surface area (Å²) in [7, 11) is 0. The van der Waals surface area contributed by atoms with Crippen molar-refractivity contribution in [1.82, 2.24) is 9.78 Å². The first kappa shape index (κ1) is 10.6. The summed E-state index contributed by atoms with van der Waals surface area (Å²) in [6.07, 6.45) is 7.29. The lowest BCUT2D eigenvalue weighted by molar-refractivity contribution is -0.163. The first-order valence-electron chi connectivity index (χ1n) is 5.57. The largest absolute Gasteiger partial charge is 0.353 e. The number of aromatic nitrogens is 2. The van der Waals surface area contributed by atoms with Gasteiger partial charge in [0.2, 0.25) is 0 Å². The van der Waals surface area contributed by atoms with Gasteiger partial charge in [-0.1, -0.05) is 0 Å². The molecule has 1 aliphatic heterocycles. The maximum Gasteiger partial charge on any atom is 0.157 e. The van der Waals surface area contributed by atoms with Gasteiger partial charge in [0.1, 0.15) is 0 Å². The van der Waals surface area contributed by atoms with Gasteiger partial charge < -0.3 is 9.47 Å². The molecule has 1 saturated heterocycles. The highest BCUT2D eigenvalue weighted by molar-refractivity contribution is 4.99. The second kappa shape index (κ2) is 5.28. The maximum atomic E-state index is 5.61. The van der Waals surface area contributed by atoms with E-state index in [1.807, 2.05) is 24.0 Å². The van der Waals surface area contributed by atoms with E-state index in [4.69, 9.17) is 9.47 Å². The number of nitrogens with zero attached hydrogens (tertiary/aromatic N) is 2. The van der Waals surface area contributed by atoms with E-state index in [1.165, 1.54) is 12.0 Å². The molecular formula is C11H18N2O2. The van der Waals surface area contributed by atoms with Gasteiger partial charge in [0, 0.05) is 12.8 Å². The Morgan fingerprint density at radius 2 is 2.53 bits per heavy atom. The zero-order valence-electron chi connectivity index (χ0n) is 9.19. The molecule has 0 aliphatic carbocycles. The third-order valence-corrected chi connectivity index (χ3v) is 2.52. The number of hydrogen-bond acceptors (Lipinski definition) is 3. The summed E-state index contributed by atoms with van der Waals surface area (Å²) in [6, 6.07) is 0. The van der Waals surface area contributed by atoms with Gasteiger partial charge in [-0.2, -0.15) is 5.10 Å². The van der Waals surface area contributed by atoms with Crippen LogP contribution in [0.15, 0.2) is 12.4 Å². The van der Waals surface area contributed by atoms with E-state index in [9.17, 15) is 0 Å². The molecule has 15 heavy (non-hydrogen) atoms. The van der Waals surface area contributed by atoms with Crippen molar-refractivity contribution in [3.8, 4) is 0 Å². The molecule has 4 heteroatoms. The highest BCUT2D eigenvalue weighted by Crippen LogP contribution is 2.13. The van der Waals surface area contributed by atoms with Crippen LogP contribution in [-0.4, -0.2) is 29.3 Å². The third kappa shape index (κ3) is 3.32. The van der Waals surface area contributed by atoms with E-state index in [-0.39, 0.29) is 6.29 Å². The van der Waals surface area contributed by atoms with Gasteiger partial charge in [-0.25, -0.2) is 0 Å². The molecule has 1 aliphatic rings. The Kier molecular flexibility index (Phi) is 3.75. The summed E-state index contributed by atoms with van der Waals surface area (Å²) in [5.74, 6) is 0. The van der Waals surface area contributed by atoms with Crippen molar-refractivity contribution >= 4 is 0 Å². The molecule has 0 unspecified atom stereocenters. The van der Waals surface area contributed by atoms with E-state index < -0.39 is 0 Å². The SMILES string of the molecule is Cc1cnn(CCO[C@@H]2CCCCO2)c1. The zero-order chi connectivity index (χ0) is 10.5. The molecule has 0 amide bonds. The van der Waals surface area contributed by atoms with Crippen molar-refractivity contribution in [3.63, 3.8) is 0 Å². The molecule has 1 fully saturated rings. The van der Waals surface area contributed by atoms with Crippen molar-refractivity contribution in [2.24, 2.45) is 0 Å². The number of ether oxygens (including phenoxy) is 2. The normalized spacial score (nSPS) is 21.8. The topological polar surface area (TPSA) is 36.3 Å². The second-order valence-electron chi connectivity index (χ2n) is 3.95. The predicted molar refractivity (Wildman–Crippen MR) is 56.5 cm³/mol. The van der Waals surface area contributed by atoms with Crippen LogP contribution < -0.4 is 0 Å².